The van der Waals surface area contributed by atoms with E-state index in [4.69, 9.17) is 10.5 Å². The van der Waals surface area contributed by atoms with Gasteiger partial charge in [-0.2, -0.15) is 4.98 Å². The van der Waals surface area contributed by atoms with Gasteiger partial charge in [-0.15, -0.1) is 13.2 Å². The molecule has 0 saturated carbocycles. The fourth-order valence-electron chi connectivity index (χ4n) is 5.14. The molecule has 2 aromatic heterocycles. The molecule has 252 valence electrons. The molecular weight excluding hydrogens is 625 g/mol. The van der Waals surface area contributed by atoms with Gasteiger partial charge in [0.2, 0.25) is 0 Å². The van der Waals surface area contributed by atoms with Gasteiger partial charge >= 0.3 is 18.1 Å². The molecule has 0 spiro atoms. The Morgan fingerprint density at radius 2 is 1.71 bits per heavy atom. The normalized spacial score (nSPS) is 11.5. The van der Waals surface area contributed by atoms with Crippen molar-refractivity contribution in [2.45, 2.75) is 45.2 Å². The molecule has 0 bridgehead atoms. The van der Waals surface area contributed by atoms with E-state index in [0.717, 1.165) is 24.1 Å². The number of nitrogens with one attached hydrogen (secondary N) is 3. The molecule has 0 saturated heterocycles. The maximum absolute atomic E-state index is 13.2. The predicted octanol–water partition coefficient (Wildman–Crippen LogP) is 5.97. The van der Waals surface area contributed by atoms with Gasteiger partial charge in [0, 0.05) is 35.9 Å². The molecule has 0 aliphatic carbocycles. The number of hydrogen-bond donors (Lipinski definition) is 4. The lowest BCUT2D eigenvalue weighted by Gasteiger charge is -2.13. The Morgan fingerprint density at radius 1 is 0.917 bits per heavy atom. The molecule has 0 fully saturated rings. The van der Waals surface area contributed by atoms with Crippen LogP contribution in [0.3, 0.4) is 0 Å². The minimum absolute atomic E-state index is 0.155. The number of hydrogen-bond acceptors (Lipinski definition) is 7. The van der Waals surface area contributed by atoms with Gasteiger partial charge in [-0.3, -0.25) is 4.57 Å². The number of carbonyl (C=O) groups is 1. The van der Waals surface area contributed by atoms with E-state index in [1.807, 2.05) is 54.6 Å². The van der Waals surface area contributed by atoms with Crippen LogP contribution in [0.15, 0.2) is 89.9 Å². The molecule has 0 aliphatic rings. The van der Waals surface area contributed by atoms with E-state index >= 15 is 0 Å². The maximum Gasteiger partial charge on any atom is 0.573 e. The highest BCUT2D eigenvalue weighted by Crippen LogP contribution is 2.31. The van der Waals surface area contributed by atoms with Gasteiger partial charge in [-0.05, 0) is 91.9 Å². The summed E-state index contributed by atoms with van der Waals surface area (Å²) >= 11 is 0. The Morgan fingerprint density at radius 3 is 2.46 bits per heavy atom. The summed E-state index contributed by atoms with van der Waals surface area (Å²) in [5, 5.41) is 6.60. The van der Waals surface area contributed by atoms with Crippen molar-refractivity contribution in [2.24, 2.45) is 5.73 Å². The Kier molecular flexibility index (Phi) is 11.5. The second-order valence-corrected chi connectivity index (χ2v) is 11.2. The molecule has 10 nitrogen and oxygen atoms in total. The van der Waals surface area contributed by atoms with Gasteiger partial charge in [0.05, 0.1) is 5.69 Å². The van der Waals surface area contributed by atoms with Crippen LogP contribution in [0.5, 0.6) is 5.75 Å². The number of unbranched alkanes of at least 4 members (excludes halogenated alkanes) is 1. The number of H-pyrrole nitrogens is 1. The maximum atomic E-state index is 13.2. The average Bonchev–Trinajstić information content (AvgIpc) is 3.48. The lowest BCUT2D eigenvalue weighted by Crippen LogP contribution is -2.25. The molecule has 5 N–H and O–H groups in total. The van der Waals surface area contributed by atoms with Crippen LogP contribution < -0.4 is 26.8 Å². The van der Waals surface area contributed by atoms with E-state index < -0.39 is 18.1 Å². The number of aromatic nitrogens is 3. The fourth-order valence-corrected chi connectivity index (χ4v) is 5.14. The highest BCUT2D eigenvalue weighted by atomic mass is 19.4. The third-order valence-electron chi connectivity index (χ3n) is 7.49. The van der Waals surface area contributed by atoms with Gasteiger partial charge in [0.25, 0.3) is 0 Å². The number of amides is 1. The van der Waals surface area contributed by atoms with Gasteiger partial charge in [0.15, 0.2) is 0 Å². The second kappa shape index (κ2) is 16.1. The first-order chi connectivity index (χ1) is 23.2. The summed E-state index contributed by atoms with van der Waals surface area (Å²) in [5.74, 6) is -0.360. The van der Waals surface area contributed by atoms with Gasteiger partial charge in [0.1, 0.15) is 18.0 Å². The van der Waals surface area contributed by atoms with E-state index in [1.165, 1.54) is 16.7 Å². The first-order valence-corrected chi connectivity index (χ1v) is 15.6. The highest BCUT2D eigenvalue weighted by molar-refractivity contribution is 5.83. The zero-order chi connectivity index (χ0) is 33.9. The Balaban J connectivity index is 1.26. The average molecular weight is 663 g/mol. The summed E-state index contributed by atoms with van der Waals surface area (Å²) in [6.45, 7) is 2.61. The molecule has 3 aromatic carbocycles. The van der Waals surface area contributed by atoms with Crippen LogP contribution in [-0.2, 0) is 24.3 Å². The fraction of sp³-hybridized carbons (Fsp3) is 0.286. The number of alkyl carbamates (subject to hydrolysis) is 1. The number of ether oxygens (including phenoxy) is 2. The summed E-state index contributed by atoms with van der Waals surface area (Å²) in [4.78, 5) is 32.2. The number of alkyl halides is 3. The summed E-state index contributed by atoms with van der Waals surface area (Å²) in [6, 6.07) is 22.9. The Hall–Kier alpha value is -5.14. The largest absolute Gasteiger partial charge is 0.573 e. The molecule has 0 atom stereocenters. The Labute approximate surface area is 275 Å². The minimum Gasteiger partial charge on any atom is -0.445 e. The smallest absolute Gasteiger partial charge is 0.445 e. The number of halogens is 3. The van der Waals surface area contributed by atoms with E-state index in [0.29, 0.717) is 72.4 Å². The van der Waals surface area contributed by atoms with E-state index in [9.17, 15) is 22.8 Å². The molecule has 13 heteroatoms. The van der Waals surface area contributed by atoms with Crippen molar-refractivity contribution >= 4 is 17.1 Å². The van der Waals surface area contributed by atoms with Crippen molar-refractivity contribution in [1.29, 1.82) is 0 Å². The number of aromatic amines is 1. The van der Waals surface area contributed by atoms with Gasteiger partial charge in [-0.1, -0.05) is 42.5 Å². The SMILES string of the molecule is NCCCNCc1ccc(-n2cc3cc(-c4cc(CCCCNC(=O)OCc5ccccc5)cc(OC(F)(F)F)c4)[nH]c3nc2=O)cc1. The highest BCUT2D eigenvalue weighted by Gasteiger charge is 2.31. The monoisotopic (exact) mass is 662 g/mol. The molecule has 2 heterocycles. The van der Waals surface area contributed by atoms with Crippen molar-refractivity contribution in [3.05, 3.63) is 112 Å². The number of nitrogens with zero attached hydrogens (tertiary/aromatic N) is 2. The third-order valence-corrected chi connectivity index (χ3v) is 7.49. The van der Waals surface area contributed by atoms with Crippen LogP contribution in [-0.4, -0.2) is 46.6 Å². The molecule has 48 heavy (non-hydrogen) atoms. The van der Waals surface area contributed by atoms with Crippen LogP contribution in [0, 0.1) is 0 Å². The molecular formula is C35H37F3N6O4. The summed E-state index contributed by atoms with van der Waals surface area (Å²) in [7, 11) is 0. The number of aryl methyl sites for hydroxylation is 1. The molecule has 0 unspecified atom stereocenters. The number of carbonyl (C=O) groups excluding carboxylic acids is 1. The first kappa shape index (κ1) is 34.2. The second-order valence-electron chi connectivity index (χ2n) is 11.2. The topological polar surface area (TPSA) is 136 Å². The molecule has 5 aromatic rings. The molecule has 0 aliphatic heterocycles. The van der Waals surface area contributed by atoms with E-state index in [2.05, 4.69) is 25.3 Å². The molecule has 1 amide bonds. The van der Waals surface area contributed by atoms with Crippen molar-refractivity contribution in [1.82, 2.24) is 25.2 Å². The minimum atomic E-state index is -4.87. The molecule has 0 radical (unpaired) electrons. The van der Waals surface area contributed by atoms with Crippen LogP contribution >= 0.6 is 0 Å². The lowest BCUT2D eigenvalue weighted by molar-refractivity contribution is -0.274. The number of rotatable bonds is 15. The van der Waals surface area contributed by atoms with Crippen molar-refractivity contribution < 1.29 is 27.4 Å². The first-order valence-electron chi connectivity index (χ1n) is 15.6. The molecule has 5 rings (SSSR count). The third kappa shape index (κ3) is 9.93. The van der Waals surface area contributed by atoms with Crippen LogP contribution in [0.1, 0.15) is 36.0 Å². The van der Waals surface area contributed by atoms with Crippen molar-refractivity contribution in [3.63, 3.8) is 0 Å². The van der Waals surface area contributed by atoms with E-state index in [-0.39, 0.29) is 12.4 Å². The van der Waals surface area contributed by atoms with Gasteiger partial charge < -0.3 is 30.8 Å². The van der Waals surface area contributed by atoms with Crippen molar-refractivity contribution in [3.8, 4) is 22.7 Å². The zero-order valence-corrected chi connectivity index (χ0v) is 26.2. The summed E-state index contributed by atoms with van der Waals surface area (Å²) in [6.07, 6.45) is -1.29. The zero-order valence-electron chi connectivity index (χ0n) is 26.2. The quantitative estimate of drug-likeness (QED) is 0.102. The van der Waals surface area contributed by atoms with Crippen molar-refractivity contribution in [2.75, 3.05) is 19.6 Å². The van der Waals surface area contributed by atoms with E-state index in [1.54, 1.807) is 18.3 Å². The predicted molar refractivity (Wildman–Crippen MR) is 177 cm³/mol. The van der Waals surface area contributed by atoms with Crippen LogP contribution in [0.4, 0.5) is 18.0 Å². The van der Waals surface area contributed by atoms with Crippen LogP contribution in [0.2, 0.25) is 0 Å². The summed E-state index contributed by atoms with van der Waals surface area (Å²) in [5.41, 5.74) is 9.42. The standard InChI is InChI=1S/C35H37F3N6O4/c36-35(37,38)48-30-18-26(9-4-5-16-41-34(46)47-23-25-7-2-1-3-8-25)17-27(19-30)31-20-28-22-44(33(45)43-32(28)42-31)29-12-10-24(11-13-29)21-40-15-6-14-39/h1-3,7-8,10-13,17-20,22,40H,4-6,9,14-16,21,23,39H2,(H,41,46)(H,42,43,45). The number of nitrogens with two attached hydrogens (primary N) is 1. The number of benzene rings is 3. The Bertz CT molecular complexity index is 1860. The van der Waals surface area contributed by atoms with Crippen LogP contribution in [0.25, 0.3) is 28.0 Å². The number of fused-ring (bicyclic) bond motifs is 1. The lowest BCUT2D eigenvalue weighted by atomic mass is 10.0. The van der Waals surface area contributed by atoms with Gasteiger partial charge in [-0.25, -0.2) is 9.59 Å². The summed E-state index contributed by atoms with van der Waals surface area (Å²) < 4.78 is 50.5.